The molecule has 3 aromatic heterocycles. The standard InChI is InChI=1S/C23H24FN5OS/c1-15-10-19(20-12-26-29(22(20)27-15)14-18-8-5-9-31-18)23(30)25-13-21(28(2)3)16-6-4-7-17(24)11-16/h4-12,21H,13-14H2,1-3H3,(H,25,30). The van der Waals surface area contributed by atoms with E-state index in [1.54, 1.807) is 29.7 Å². The molecule has 0 bridgehead atoms. The van der Waals surface area contributed by atoms with Crippen LogP contribution >= 0.6 is 11.3 Å². The monoisotopic (exact) mass is 437 g/mol. The van der Waals surface area contributed by atoms with E-state index in [0.717, 1.165) is 11.3 Å². The number of benzene rings is 1. The van der Waals surface area contributed by atoms with Crippen LogP contribution in [0, 0.1) is 12.7 Å². The summed E-state index contributed by atoms with van der Waals surface area (Å²) in [6.45, 7) is 2.83. The molecule has 1 atom stereocenters. The third-order valence-corrected chi connectivity index (χ3v) is 6.04. The first-order chi connectivity index (χ1) is 14.9. The van der Waals surface area contributed by atoms with Crippen molar-refractivity contribution in [1.82, 2.24) is 25.0 Å². The first-order valence-corrected chi connectivity index (χ1v) is 10.9. The highest BCUT2D eigenvalue weighted by molar-refractivity contribution is 7.09. The van der Waals surface area contributed by atoms with Gasteiger partial charge in [-0.05, 0) is 56.2 Å². The van der Waals surface area contributed by atoms with Crippen molar-refractivity contribution in [3.05, 3.63) is 81.6 Å². The largest absolute Gasteiger partial charge is 0.350 e. The van der Waals surface area contributed by atoms with Gasteiger partial charge in [-0.15, -0.1) is 11.3 Å². The van der Waals surface area contributed by atoms with Gasteiger partial charge in [0.1, 0.15) is 5.82 Å². The fourth-order valence-electron chi connectivity index (χ4n) is 3.62. The fourth-order valence-corrected chi connectivity index (χ4v) is 4.31. The Bertz CT molecular complexity index is 1200. The van der Waals surface area contributed by atoms with E-state index >= 15 is 0 Å². The van der Waals surface area contributed by atoms with Gasteiger partial charge in [0.2, 0.25) is 0 Å². The number of thiophene rings is 1. The van der Waals surface area contributed by atoms with Gasteiger partial charge in [-0.25, -0.2) is 14.1 Å². The number of rotatable bonds is 7. The Morgan fingerprint density at radius 3 is 2.81 bits per heavy atom. The van der Waals surface area contributed by atoms with Gasteiger partial charge >= 0.3 is 0 Å². The summed E-state index contributed by atoms with van der Waals surface area (Å²) in [5, 5.41) is 10.2. The number of fused-ring (bicyclic) bond motifs is 1. The molecule has 4 rings (SSSR count). The second-order valence-electron chi connectivity index (χ2n) is 7.67. The molecule has 160 valence electrons. The molecule has 0 radical (unpaired) electrons. The number of carbonyl (C=O) groups is 1. The quantitative estimate of drug-likeness (QED) is 0.474. The van der Waals surface area contributed by atoms with Crippen LogP contribution in [0.25, 0.3) is 11.0 Å². The summed E-state index contributed by atoms with van der Waals surface area (Å²) in [5.41, 5.74) is 2.79. The molecule has 1 amide bonds. The zero-order valence-electron chi connectivity index (χ0n) is 17.7. The van der Waals surface area contributed by atoms with Crippen molar-refractivity contribution >= 4 is 28.3 Å². The fraction of sp³-hybridized carbons (Fsp3) is 0.261. The predicted octanol–water partition coefficient (Wildman–Crippen LogP) is 4.02. The van der Waals surface area contributed by atoms with Crippen molar-refractivity contribution < 1.29 is 9.18 Å². The molecule has 0 fully saturated rings. The lowest BCUT2D eigenvalue weighted by Gasteiger charge is -2.25. The van der Waals surface area contributed by atoms with Gasteiger partial charge in [-0.2, -0.15) is 5.10 Å². The summed E-state index contributed by atoms with van der Waals surface area (Å²) in [6.07, 6.45) is 1.69. The molecule has 1 N–H and O–H groups in total. The molecule has 0 aliphatic carbocycles. The van der Waals surface area contributed by atoms with Crippen LogP contribution in [0.4, 0.5) is 4.39 Å². The highest BCUT2D eigenvalue weighted by Gasteiger charge is 2.19. The Kier molecular flexibility index (Phi) is 6.11. The van der Waals surface area contributed by atoms with Gasteiger partial charge in [0.15, 0.2) is 5.65 Å². The molecule has 4 aromatic rings. The number of amides is 1. The molecule has 31 heavy (non-hydrogen) atoms. The first-order valence-electron chi connectivity index (χ1n) is 9.98. The van der Waals surface area contributed by atoms with Gasteiger partial charge in [-0.3, -0.25) is 4.79 Å². The highest BCUT2D eigenvalue weighted by atomic mass is 32.1. The molecular formula is C23H24FN5OS. The van der Waals surface area contributed by atoms with Crippen LogP contribution < -0.4 is 5.32 Å². The molecule has 3 heterocycles. The van der Waals surface area contributed by atoms with Crippen molar-refractivity contribution in [3.63, 3.8) is 0 Å². The highest BCUT2D eigenvalue weighted by Crippen LogP contribution is 2.22. The summed E-state index contributed by atoms with van der Waals surface area (Å²) in [6, 6.07) is 12.1. The molecule has 1 aromatic carbocycles. The lowest BCUT2D eigenvalue weighted by Crippen LogP contribution is -2.34. The van der Waals surface area contributed by atoms with Gasteiger partial charge in [-0.1, -0.05) is 18.2 Å². The van der Waals surface area contributed by atoms with Crippen molar-refractivity contribution in [2.24, 2.45) is 0 Å². The van der Waals surface area contributed by atoms with Crippen LogP contribution in [0.2, 0.25) is 0 Å². The van der Waals surface area contributed by atoms with E-state index in [2.05, 4.69) is 21.5 Å². The lowest BCUT2D eigenvalue weighted by atomic mass is 10.1. The maximum absolute atomic E-state index is 13.7. The Hall–Kier alpha value is -3.10. The van der Waals surface area contributed by atoms with Crippen molar-refractivity contribution in [1.29, 1.82) is 0 Å². The Labute approximate surface area is 184 Å². The average molecular weight is 438 g/mol. The number of nitrogens with one attached hydrogen (secondary N) is 1. The minimum absolute atomic E-state index is 0.153. The van der Waals surface area contributed by atoms with E-state index in [4.69, 9.17) is 0 Å². The van der Waals surface area contributed by atoms with Crippen LogP contribution in [-0.2, 0) is 6.54 Å². The van der Waals surface area contributed by atoms with E-state index in [1.165, 1.54) is 17.0 Å². The zero-order chi connectivity index (χ0) is 22.0. The number of hydrogen-bond acceptors (Lipinski definition) is 5. The second-order valence-corrected chi connectivity index (χ2v) is 8.71. The molecule has 6 nitrogen and oxygen atoms in total. The molecule has 0 aliphatic rings. The number of nitrogens with zero attached hydrogens (tertiary/aromatic N) is 4. The minimum Gasteiger partial charge on any atom is -0.350 e. The molecular weight excluding hydrogens is 413 g/mol. The van der Waals surface area contributed by atoms with E-state index in [0.29, 0.717) is 29.7 Å². The molecule has 0 saturated carbocycles. The van der Waals surface area contributed by atoms with E-state index in [9.17, 15) is 9.18 Å². The summed E-state index contributed by atoms with van der Waals surface area (Å²) in [5.74, 6) is -0.491. The summed E-state index contributed by atoms with van der Waals surface area (Å²) >= 11 is 1.66. The normalized spacial score (nSPS) is 12.4. The van der Waals surface area contributed by atoms with Crippen LogP contribution in [0.3, 0.4) is 0 Å². The predicted molar refractivity (Wildman–Crippen MR) is 121 cm³/mol. The molecule has 8 heteroatoms. The Morgan fingerprint density at radius 1 is 1.26 bits per heavy atom. The van der Waals surface area contributed by atoms with E-state index in [-0.39, 0.29) is 17.8 Å². The maximum atomic E-state index is 13.7. The van der Waals surface area contributed by atoms with Crippen molar-refractivity contribution in [2.75, 3.05) is 20.6 Å². The van der Waals surface area contributed by atoms with Gasteiger partial charge in [0, 0.05) is 17.1 Å². The summed E-state index contributed by atoms with van der Waals surface area (Å²) < 4.78 is 15.5. The van der Waals surface area contributed by atoms with Crippen LogP contribution in [0.15, 0.2) is 54.0 Å². The SMILES string of the molecule is Cc1cc(C(=O)NCC(c2cccc(F)c2)N(C)C)c2cnn(Cc3cccs3)c2n1. The Morgan fingerprint density at radius 2 is 2.10 bits per heavy atom. The van der Waals surface area contributed by atoms with Gasteiger partial charge in [0.05, 0.1) is 29.7 Å². The van der Waals surface area contributed by atoms with Gasteiger partial charge in [0.25, 0.3) is 5.91 Å². The van der Waals surface area contributed by atoms with Gasteiger partial charge < -0.3 is 10.2 Å². The number of hydrogen-bond donors (Lipinski definition) is 1. The lowest BCUT2D eigenvalue weighted by molar-refractivity contribution is 0.0943. The van der Waals surface area contributed by atoms with Crippen LogP contribution in [-0.4, -0.2) is 46.2 Å². The molecule has 1 unspecified atom stereocenters. The molecule has 0 saturated heterocycles. The summed E-state index contributed by atoms with van der Waals surface area (Å²) in [7, 11) is 3.82. The number of aryl methyl sites for hydroxylation is 1. The second kappa shape index (κ2) is 8.95. The third kappa shape index (κ3) is 4.65. The minimum atomic E-state index is -0.291. The van der Waals surface area contributed by atoms with E-state index < -0.39 is 0 Å². The zero-order valence-corrected chi connectivity index (χ0v) is 18.5. The number of aromatic nitrogens is 3. The number of likely N-dealkylation sites (N-methyl/N-ethyl adjacent to an activating group) is 1. The van der Waals surface area contributed by atoms with Crippen LogP contribution in [0.5, 0.6) is 0 Å². The van der Waals surface area contributed by atoms with Crippen molar-refractivity contribution in [2.45, 2.75) is 19.5 Å². The number of carbonyl (C=O) groups excluding carboxylic acids is 1. The molecule has 0 spiro atoms. The van der Waals surface area contributed by atoms with E-state index in [1.807, 2.05) is 48.1 Å². The number of pyridine rings is 1. The topological polar surface area (TPSA) is 63.1 Å². The maximum Gasteiger partial charge on any atom is 0.252 e. The molecule has 0 aliphatic heterocycles. The van der Waals surface area contributed by atoms with Crippen molar-refractivity contribution in [3.8, 4) is 0 Å². The number of halogens is 1. The smallest absolute Gasteiger partial charge is 0.252 e. The Balaban J connectivity index is 1.58. The summed E-state index contributed by atoms with van der Waals surface area (Å²) in [4.78, 5) is 20.8. The first kappa shape index (κ1) is 21.1. The third-order valence-electron chi connectivity index (χ3n) is 5.18. The average Bonchev–Trinajstić information content (AvgIpc) is 3.38. The van der Waals surface area contributed by atoms with Crippen LogP contribution in [0.1, 0.15) is 32.5 Å².